The largest absolute Gasteiger partial charge is 0.444 e. The fourth-order valence-corrected chi connectivity index (χ4v) is 7.63. The number of halogens is 1. The maximum atomic E-state index is 14.9. The molecule has 8 rings (SSSR count). The van der Waals surface area contributed by atoms with Crippen LogP contribution >= 0.6 is 0 Å². The van der Waals surface area contributed by atoms with Gasteiger partial charge in [-0.2, -0.15) is 0 Å². The summed E-state index contributed by atoms with van der Waals surface area (Å²) in [7, 11) is 0. The van der Waals surface area contributed by atoms with E-state index in [0.717, 1.165) is 18.0 Å². The Kier molecular flexibility index (Phi) is 5.58. The van der Waals surface area contributed by atoms with E-state index in [1.807, 2.05) is 20.8 Å². The topological polar surface area (TPSA) is 60.6 Å². The van der Waals surface area contributed by atoms with E-state index in [9.17, 15) is 9.18 Å². The Labute approximate surface area is 229 Å². The molecule has 6 nitrogen and oxygen atoms in total. The number of benzene rings is 2. The van der Waals surface area contributed by atoms with Gasteiger partial charge in [-0.15, -0.1) is 0 Å². The lowest BCUT2D eigenvalue weighted by Gasteiger charge is -2.70. The average Bonchev–Trinajstić information content (AvgIpc) is 3.37. The molecule has 39 heavy (non-hydrogen) atoms. The first-order valence-corrected chi connectivity index (χ1v) is 14.5. The molecule has 1 amide bonds. The van der Waals surface area contributed by atoms with Gasteiger partial charge in [-0.25, -0.2) is 9.18 Å². The molecule has 1 saturated heterocycles. The Morgan fingerprint density at radius 3 is 2.46 bits per heavy atom. The van der Waals surface area contributed by atoms with Gasteiger partial charge in [0.25, 0.3) is 0 Å². The number of nitrogens with one attached hydrogen (secondary N) is 2. The van der Waals surface area contributed by atoms with E-state index < -0.39 is 23.9 Å². The van der Waals surface area contributed by atoms with Gasteiger partial charge in [0.15, 0.2) is 0 Å². The summed E-state index contributed by atoms with van der Waals surface area (Å²) in [4.78, 5) is 20.5. The summed E-state index contributed by atoms with van der Waals surface area (Å²) in [5.74, 6) is 0.911. The van der Waals surface area contributed by atoms with Crippen LogP contribution in [-0.4, -0.2) is 63.4 Å². The minimum atomic E-state index is -1.15. The van der Waals surface area contributed by atoms with Crippen molar-refractivity contribution in [1.82, 2.24) is 14.8 Å². The van der Waals surface area contributed by atoms with Crippen LogP contribution in [0.5, 0.6) is 0 Å². The van der Waals surface area contributed by atoms with Crippen molar-refractivity contribution in [2.75, 3.05) is 18.4 Å². The van der Waals surface area contributed by atoms with Crippen LogP contribution in [-0.2, 0) is 11.2 Å². The second-order valence-electron chi connectivity index (χ2n) is 13.4. The SMILES string of the molecule is C[C@@H]1Cc2c([nH]c3ccccc23)[C@@H](c2ccc(N[C@@H]3CN(C(=O)OC(C)(C)C)C[C@@H]3F)cc2)N1C12CC(C1)C2. The maximum absolute atomic E-state index is 14.9. The van der Waals surface area contributed by atoms with E-state index in [0.29, 0.717) is 11.6 Å². The number of carbonyl (C=O) groups excluding carboxylic acids is 1. The molecule has 4 atom stereocenters. The predicted octanol–water partition coefficient (Wildman–Crippen LogP) is 6.43. The van der Waals surface area contributed by atoms with Crippen LogP contribution in [0.4, 0.5) is 14.9 Å². The molecule has 3 heterocycles. The van der Waals surface area contributed by atoms with Crippen molar-refractivity contribution in [3.05, 3.63) is 65.4 Å². The first-order chi connectivity index (χ1) is 18.6. The summed E-state index contributed by atoms with van der Waals surface area (Å²) in [6.07, 6.45) is 3.41. The zero-order valence-electron chi connectivity index (χ0n) is 23.3. The predicted molar refractivity (Wildman–Crippen MR) is 152 cm³/mol. The third kappa shape index (κ3) is 4.12. The Hall–Kier alpha value is -3.06. The van der Waals surface area contributed by atoms with E-state index in [-0.39, 0.29) is 19.1 Å². The van der Waals surface area contributed by atoms with Gasteiger partial charge in [-0.05, 0) is 88.6 Å². The van der Waals surface area contributed by atoms with E-state index in [2.05, 4.69) is 70.7 Å². The Morgan fingerprint density at radius 2 is 1.79 bits per heavy atom. The minimum absolute atomic E-state index is 0.0474. The van der Waals surface area contributed by atoms with Crippen LogP contribution in [0.2, 0.25) is 0 Å². The van der Waals surface area contributed by atoms with Crippen molar-refractivity contribution in [3.8, 4) is 0 Å². The summed E-state index contributed by atoms with van der Waals surface area (Å²) in [5, 5.41) is 4.68. The highest BCUT2D eigenvalue weighted by Gasteiger charge is 2.63. The van der Waals surface area contributed by atoms with Gasteiger partial charge in [-0.3, -0.25) is 4.90 Å². The minimum Gasteiger partial charge on any atom is -0.444 e. The number of likely N-dealkylation sites (tertiary alicyclic amines) is 1. The number of rotatable bonds is 4. The lowest BCUT2D eigenvalue weighted by Crippen LogP contribution is -2.71. The number of carbonyl (C=O) groups is 1. The van der Waals surface area contributed by atoms with Crippen molar-refractivity contribution >= 4 is 22.7 Å². The third-order valence-corrected chi connectivity index (χ3v) is 9.40. The summed E-state index contributed by atoms with van der Waals surface area (Å²) < 4.78 is 20.4. The lowest BCUT2D eigenvalue weighted by molar-refractivity contribution is -0.174. The van der Waals surface area contributed by atoms with Crippen LogP contribution in [0.15, 0.2) is 48.5 Å². The number of anilines is 1. The fraction of sp³-hybridized carbons (Fsp3) is 0.531. The smallest absolute Gasteiger partial charge is 0.410 e. The third-order valence-electron chi connectivity index (χ3n) is 9.40. The molecule has 2 bridgehead atoms. The second-order valence-corrected chi connectivity index (χ2v) is 13.4. The van der Waals surface area contributed by atoms with E-state index in [1.54, 1.807) is 0 Å². The zero-order chi connectivity index (χ0) is 27.1. The Balaban J connectivity index is 1.15. The van der Waals surface area contributed by atoms with Crippen LogP contribution in [0, 0.1) is 5.92 Å². The highest BCUT2D eigenvalue weighted by atomic mass is 19.1. The van der Waals surface area contributed by atoms with Crippen LogP contribution in [0.1, 0.15) is 69.8 Å². The molecule has 3 saturated carbocycles. The van der Waals surface area contributed by atoms with Crippen molar-refractivity contribution in [3.63, 3.8) is 0 Å². The number of H-pyrrole nitrogens is 1. The van der Waals surface area contributed by atoms with E-state index in [1.165, 1.54) is 51.9 Å². The Bertz CT molecular complexity index is 1390. The van der Waals surface area contributed by atoms with Crippen molar-refractivity contribution in [2.24, 2.45) is 5.92 Å². The molecule has 206 valence electrons. The van der Waals surface area contributed by atoms with Gasteiger partial charge in [-0.1, -0.05) is 30.3 Å². The number of ether oxygens (including phenoxy) is 1. The van der Waals surface area contributed by atoms with Gasteiger partial charge in [0.05, 0.1) is 18.6 Å². The normalized spacial score (nSPS) is 31.9. The maximum Gasteiger partial charge on any atom is 0.410 e. The molecule has 7 heteroatoms. The highest BCUT2D eigenvalue weighted by molar-refractivity contribution is 5.85. The first-order valence-electron chi connectivity index (χ1n) is 14.5. The number of nitrogens with zero attached hydrogens (tertiary/aromatic N) is 2. The molecule has 4 fully saturated rings. The van der Waals surface area contributed by atoms with Crippen LogP contribution in [0.3, 0.4) is 0 Å². The molecule has 3 aromatic rings. The molecule has 1 aromatic heterocycles. The van der Waals surface area contributed by atoms with E-state index in [4.69, 9.17) is 4.74 Å². The summed E-state index contributed by atoms with van der Waals surface area (Å²) in [6.45, 7) is 8.20. The summed E-state index contributed by atoms with van der Waals surface area (Å²) >= 11 is 0. The van der Waals surface area contributed by atoms with Crippen LogP contribution < -0.4 is 5.32 Å². The van der Waals surface area contributed by atoms with Crippen LogP contribution in [0.25, 0.3) is 10.9 Å². The summed E-state index contributed by atoms with van der Waals surface area (Å²) in [6, 6.07) is 17.4. The van der Waals surface area contributed by atoms with Crippen molar-refractivity contribution in [1.29, 1.82) is 0 Å². The molecular formula is C32H39FN4O2. The Morgan fingerprint density at radius 1 is 1.08 bits per heavy atom. The van der Waals surface area contributed by atoms with Gasteiger partial charge in [0.2, 0.25) is 0 Å². The molecule has 0 unspecified atom stereocenters. The number of fused-ring (bicyclic) bond motifs is 3. The standard InChI is InChI=1S/C32H39FN4O2/c1-19-13-24-23-7-5-6-8-26(23)35-28(24)29(37(19)32-14-20(15-32)16-32)21-9-11-22(12-10-21)34-27-18-36(17-25(27)33)30(38)39-31(2,3)4/h5-12,19-20,25,27,29,34-35H,13-18H2,1-4H3/t19-,20?,25+,27-,29-,32?/m1/s1. The molecule has 5 aliphatic rings. The van der Waals surface area contributed by atoms with Gasteiger partial charge in [0, 0.05) is 40.4 Å². The highest BCUT2D eigenvalue weighted by Crippen LogP contribution is 2.64. The van der Waals surface area contributed by atoms with Gasteiger partial charge >= 0.3 is 6.09 Å². The number of aromatic amines is 1. The molecule has 0 radical (unpaired) electrons. The first kappa shape index (κ1) is 24.9. The number of hydrogen-bond donors (Lipinski definition) is 2. The molecule has 2 aliphatic heterocycles. The summed E-state index contributed by atoms with van der Waals surface area (Å²) in [5.41, 5.74) is 5.85. The van der Waals surface area contributed by atoms with Gasteiger partial charge in [0.1, 0.15) is 11.8 Å². The monoisotopic (exact) mass is 530 g/mol. The van der Waals surface area contributed by atoms with E-state index >= 15 is 0 Å². The van der Waals surface area contributed by atoms with Gasteiger partial charge < -0.3 is 19.9 Å². The number of aromatic nitrogens is 1. The fourth-order valence-electron chi connectivity index (χ4n) is 7.63. The zero-order valence-corrected chi connectivity index (χ0v) is 23.3. The van der Waals surface area contributed by atoms with Crippen molar-refractivity contribution in [2.45, 2.75) is 88.8 Å². The average molecular weight is 531 g/mol. The number of hydrogen-bond acceptors (Lipinski definition) is 4. The molecule has 0 spiro atoms. The molecular weight excluding hydrogens is 491 g/mol. The molecule has 3 aliphatic carbocycles. The number of para-hydroxylation sites is 1. The molecule has 2 N–H and O–H groups in total. The quantitative estimate of drug-likeness (QED) is 0.408. The van der Waals surface area contributed by atoms with Crippen molar-refractivity contribution < 1.29 is 13.9 Å². The number of alkyl halides is 1. The molecule has 2 aromatic carbocycles. The number of amides is 1. The second kappa shape index (κ2) is 8.72. The lowest BCUT2D eigenvalue weighted by atomic mass is 9.48.